The second-order valence-electron chi connectivity index (χ2n) is 3.55. The lowest BCUT2D eigenvalue weighted by molar-refractivity contribution is 0.0660. The molecule has 0 saturated heterocycles. The summed E-state index contributed by atoms with van der Waals surface area (Å²) in [5.41, 5.74) is 0. The third-order valence-corrected chi connectivity index (χ3v) is 1.91. The zero-order valence-electron chi connectivity index (χ0n) is 8.99. The zero-order chi connectivity index (χ0) is 11.3. The van der Waals surface area contributed by atoms with E-state index in [1.54, 1.807) is 6.07 Å². The summed E-state index contributed by atoms with van der Waals surface area (Å²) in [7, 11) is 3.99. The summed E-state index contributed by atoms with van der Waals surface area (Å²) < 4.78 is 5.08. The summed E-state index contributed by atoms with van der Waals surface area (Å²) in [4.78, 5) is 12.6. The molecule has 1 aromatic heterocycles. The molecule has 15 heavy (non-hydrogen) atoms. The number of hydrogen-bond acceptors (Lipinski definition) is 4. The first-order chi connectivity index (χ1) is 7.09. The van der Waals surface area contributed by atoms with Gasteiger partial charge >= 0.3 is 5.97 Å². The van der Waals surface area contributed by atoms with Gasteiger partial charge in [-0.3, -0.25) is 0 Å². The van der Waals surface area contributed by atoms with Gasteiger partial charge in [-0.05, 0) is 26.2 Å². The van der Waals surface area contributed by atoms with Crippen LogP contribution in [0.1, 0.15) is 16.3 Å². The van der Waals surface area contributed by atoms with Crippen molar-refractivity contribution in [2.45, 2.75) is 6.54 Å². The van der Waals surface area contributed by atoms with Crippen molar-refractivity contribution in [2.24, 2.45) is 0 Å². The number of carboxylic acids is 1. The monoisotopic (exact) mass is 212 g/mol. The van der Waals surface area contributed by atoms with E-state index in [-0.39, 0.29) is 5.76 Å². The van der Waals surface area contributed by atoms with Crippen molar-refractivity contribution in [1.82, 2.24) is 10.2 Å². The average Bonchev–Trinajstić information content (AvgIpc) is 2.60. The summed E-state index contributed by atoms with van der Waals surface area (Å²) in [6.45, 7) is 2.34. The smallest absolute Gasteiger partial charge is 0.371 e. The number of carboxylic acid groups (broad SMARTS) is 1. The predicted molar refractivity (Wildman–Crippen MR) is 55.9 cm³/mol. The van der Waals surface area contributed by atoms with Gasteiger partial charge in [0.2, 0.25) is 5.76 Å². The topological polar surface area (TPSA) is 65.7 Å². The van der Waals surface area contributed by atoms with Crippen LogP contribution in [0.15, 0.2) is 16.5 Å². The lowest BCUT2D eigenvalue weighted by Gasteiger charge is -2.09. The maximum atomic E-state index is 10.5. The molecule has 0 fully saturated rings. The molecule has 0 amide bonds. The highest BCUT2D eigenvalue weighted by Crippen LogP contribution is 2.06. The van der Waals surface area contributed by atoms with Crippen molar-refractivity contribution >= 4 is 5.97 Å². The standard InChI is InChI=1S/C10H16N2O3/c1-12(2)6-5-11-7-8-3-4-9(15-8)10(13)14/h3-4,11H,5-7H2,1-2H3,(H,13,14). The van der Waals surface area contributed by atoms with Crippen LogP contribution in [0.3, 0.4) is 0 Å². The molecule has 0 bridgehead atoms. The van der Waals surface area contributed by atoms with Crippen molar-refractivity contribution in [3.63, 3.8) is 0 Å². The van der Waals surface area contributed by atoms with Gasteiger partial charge in [0.1, 0.15) is 5.76 Å². The van der Waals surface area contributed by atoms with Crippen LogP contribution in [-0.2, 0) is 6.54 Å². The van der Waals surface area contributed by atoms with E-state index in [9.17, 15) is 4.79 Å². The van der Waals surface area contributed by atoms with Crippen molar-refractivity contribution in [1.29, 1.82) is 0 Å². The lowest BCUT2D eigenvalue weighted by Crippen LogP contribution is -2.26. The molecule has 1 aromatic rings. The van der Waals surface area contributed by atoms with Crippen LogP contribution in [0.4, 0.5) is 0 Å². The minimum atomic E-state index is -1.03. The second-order valence-corrected chi connectivity index (χ2v) is 3.55. The van der Waals surface area contributed by atoms with Gasteiger partial charge in [-0.25, -0.2) is 4.79 Å². The summed E-state index contributed by atoms with van der Waals surface area (Å²) in [6.07, 6.45) is 0. The van der Waals surface area contributed by atoms with Gasteiger partial charge in [-0.15, -0.1) is 0 Å². The van der Waals surface area contributed by atoms with Crippen LogP contribution in [0.25, 0.3) is 0 Å². The third-order valence-electron chi connectivity index (χ3n) is 1.91. The Morgan fingerprint density at radius 2 is 2.27 bits per heavy atom. The Bertz CT molecular complexity index is 320. The van der Waals surface area contributed by atoms with Gasteiger partial charge in [0.15, 0.2) is 0 Å². The molecule has 2 N–H and O–H groups in total. The summed E-state index contributed by atoms with van der Waals surface area (Å²) in [5, 5.41) is 11.8. The van der Waals surface area contributed by atoms with E-state index in [1.807, 2.05) is 14.1 Å². The average molecular weight is 212 g/mol. The fourth-order valence-corrected chi connectivity index (χ4v) is 1.10. The van der Waals surface area contributed by atoms with E-state index in [2.05, 4.69) is 10.2 Å². The highest BCUT2D eigenvalue weighted by Gasteiger charge is 2.07. The first-order valence-electron chi connectivity index (χ1n) is 4.77. The van der Waals surface area contributed by atoms with Gasteiger partial charge in [-0.2, -0.15) is 0 Å². The van der Waals surface area contributed by atoms with Crippen LogP contribution < -0.4 is 5.32 Å². The van der Waals surface area contributed by atoms with Crippen molar-refractivity contribution in [2.75, 3.05) is 27.2 Å². The molecular formula is C10H16N2O3. The fraction of sp³-hybridized carbons (Fsp3) is 0.500. The molecule has 0 aliphatic rings. The highest BCUT2D eigenvalue weighted by molar-refractivity contribution is 5.84. The number of rotatable bonds is 6. The highest BCUT2D eigenvalue weighted by atomic mass is 16.4. The molecule has 0 unspecified atom stereocenters. The van der Waals surface area contributed by atoms with Gasteiger partial charge in [0.05, 0.1) is 6.54 Å². The molecule has 0 atom stereocenters. The van der Waals surface area contributed by atoms with E-state index in [4.69, 9.17) is 9.52 Å². The number of carbonyl (C=O) groups is 1. The number of hydrogen-bond donors (Lipinski definition) is 2. The fourth-order valence-electron chi connectivity index (χ4n) is 1.10. The minimum absolute atomic E-state index is 0.0144. The third kappa shape index (κ3) is 4.14. The molecule has 0 saturated carbocycles. The van der Waals surface area contributed by atoms with Crippen LogP contribution >= 0.6 is 0 Å². The number of aromatic carboxylic acids is 1. The largest absolute Gasteiger partial charge is 0.475 e. The summed E-state index contributed by atoms with van der Waals surface area (Å²) >= 11 is 0. The van der Waals surface area contributed by atoms with Crippen LogP contribution in [0, 0.1) is 0 Å². The maximum Gasteiger partial charge on any atom is 0.371 e. The molecule has 0 radical (unpaired) electrons. The van der Waals surface area contributed by atoms with E-state index in [0.29, 0.717) is 12.3 Å². The Morgan fingerprint density at radius 3 is 2.80 bits per heavy atom. The number of furan rings is 1. The maximum absolute atomic E-state index is 10.5. The summed E-state index contributed by atoms with van der Waals surface area (Å²) in [5.74, 6) is -0.403. The Morgan fingerprint density at radius 1 is 1.53 bits per heavy atom. The van der Waals surface area contributed by atoms with Crippen LogP contribution in [0.5, 0.6) is 0 Å². The van der Waals surface area contributed by atoms with Gasteiger partial charge in [-0.1, -0.05) is 0 Å². The van der Waals surface area contributed by atoms with Crippen molar-refractivity contribution in [3.05, 3.63) is 23.7 Å². The zero-order valence-corrected chi connectivity index (χ0v) is 8.99. The number of nitrogens with one attached hydrogen (secondary N) is 1. The molecule has 0 aliphatic heterocycles. The number of nitrogens with zero attached hydrogens (tertiary/aromatic N) is 1. The first-order valence-corrected chi connectivity index (χ1v) is 4.77. The molecule has 0 aromatic carbocycles. The number of likely N-dealkylation sites (N-methyl/N-ethyl adjacent to an activating group) is 1. The molecule has 1 heterocycles. The van der Waals surface area contributed by atoms with Gasteiger partial charge in [0, 0.05) is 13.1 Å². The van der Waals surface area contributed by atoms with Crippen LogP contribution in [-0.4, -0.2) is 43.2 Å². The van der Waals surface area contributed by atoms with Gasteiger partial charge < -0.3 is 19.7 Å². The Hall–Kier alpha value is -1.33. The van der Waals surface area contributed by atoms with Gasteiger partial charge in [0.25, 0.3) is 0 Å². The lowest BCUT2D eigenvalue weighted by atomic mass is 10.4. The van der Waals surface area contributed by atoms with E-state index < -0.39 is 5.97 Å². The molecule has 5 nitrogen and oxygen atoms in total. The Labute approximate surface area is 88.7 Å². The molecule has 5 heteroatoms. The molecule has 0 spiro atoms. The molecule has 84 valence electrons. The minimum Gasteiger partial charge on any atom is -0.475 e. The normalized spacial score (nSPS) is 10.9. The summed E-state index contributed by atoms with van der Waals surface area (Å²) in [6, 6.07) is 3.14. The second kappa shape index (κ2) is 5.53. The first kappa shape index (κ1) is 11.7. The van der Waals surface area contributed by atoms with Crippen LogP contribution in [0.2, 0.25) is 0 Å². The van der Waals surface area contributed by atoms with E-state index in [1.165, 1.54) is 6.07 Å². The van der Waals surface area contributed by atoms with Crippen molar-refractivity contribution in [3.8, 4) is 0 Å². The van der Waals surface area contributed by atoms with E-state index in [0.717, 1.165) is 13.1 Å². The predicted octanol–water partition coefficient (Wildman–Crippen LogP) is 0.629. The Kier molecular flexibility index (Phi) is 4.33. The SMILES string of the molecule is CN(C)CCNCc1ccc(C(=O)O)o1. The Balaban J connectivity index is 2.29. The molecule has 1 rings (SSSR count). The molecular weight excluding hydrogens is 196 g/mol. The van der Waals surface area contributed by atoms with Crippen molar-refractivity contribution < 1.29 is 14.3 Å². The molecule has 0 aliphatic carbocycles. The van der Waals surface area contributed by atoms with E-state index >= 15 is 0 Å². The quantitative estimate of drug-likeness (QED) is 0.677.